The van der Waals surface area contributed by atoms with Gasteiger partial charge in [-0.2, -0.15) is 0 Å². The number of amides is 1. The highest BCUT2D eigenvalue weighted by molar-refractivity contribution is 6.31. The van der Waals surface area contributed by atoms with Crippen LogP contribution in [0.25, 0.3) is 0 Å². The van der Waals surface area contributed by atoms with Gasteiger partial charge in [0.2, 0.25) is 5.91 Å². The zero-order valence-electron chi connectivity index (χ0n) is 16.4. The molecule has 2 aromatic rings. The molecule has 7 heteroatoms. The number of aliphatic hydroxyl groups excluding tert-OH is 1. The van der Waals surface area contributed by atoms with Crippen LogP contribution in [0.5, 0.6) is 0 Å². The first-order chi connectivity index (χ1) is 14.5. The maximum absolute atomic E-state index is 15.2. The van der Waals surface area contributed by atoms with Gasteiger partial charge >= 0.3 is 0 Å². The highest BCUT2D eigenvalue weighted by atomic mass is 35.5. The van der Waals surface area contributed by atoms with Crippen molar-refractivity contribution in [1.82, 2.24) is 4.90 Å². The summed E-state index contributed by atoms with van der Waals surface area (Å²) in [5.41, 5.74) is 0.748. The van der Waals surface area contributed by atoms with Crippen LogP contribution in [-0.4, -0.2) is 35.1 Å². The first-order valence-electron chi connectivity index (χ1n) is 10.4. The van der Waals surface area contributed by atoms with Crippen LogP contribution in [0.2, 0.25) is 10.0 Å². The van der Waals surface area contributed by atoms with Gasteiger partial charge in [-0.1, -0.05) is 47.8 Å². The number of carbonyl (C=O) groups excluding carboxylic acids is 1. The van der Waals surface area contributed by atoms with Crippen LogP contribution in [-0.2, 0) is 10.3 Å². The number of carbonyl (C=O) groups is 1. The van der Waals surface area contributed by atoms with Crippen LogP contribution >= 0.6 is 23.2 Å². The quantitative estimate of drug-likeness (QED) is 0.696. The van der Waals surface area contributed by atoms with Crippen molar-refractivity contribution in [2.24, 2.45) is 5.92 Å². The number of hydrogen-bond donors (Lipinski definition) is 2. The number of nitrogens with one attached hydrogen (secondary N) is 1. The third kappa shape index (κ3) is 2.83. The molecule has 1 spiro atoms. The number of hydrogen-bond acceptors (Lipinski definition) is 3. The van der Waals surface area contributed by atoms with Crippen molar-refractivity contribution in [3.8, 4) is 0 Å². The SMILES string of the molecule is O=C1Nc2cc(Cl)ccc2[C@@]12[C@@H](c1cccc(Cl)c1F)C[C@H](CO)N2CC1CCC1. The van der Waals surface area contributed by atoms with Gasteiger partial charge in [0, 0.05) is 34.8 Å². The molecule has 3 aliphatic rings. The molecular formula is C23H23Cl2FN2O2. The highest BCUT2D eigenvalue weighted by Crippen LogP contribution is 2.58. The van der Waals surface area contributed by atoms with E-state index >= 15 is 4.39 Å². The number of aliphatic hydroxyl groups is 1. The molecule has 2 fully saturated rings. The van der Waals surface area contributed by atoms with E-state index in [4.69, 9.17) is 23.2 Å². The lowest BCUT2D eigenvalue weighted by atomic mass is 9.74. The summed E-state index contributed by atoms with van der Waals surface area (Å²) < 4.78 is 15.2. The molecule has 0 bridgehead atoms. The predicted molar refractivity (Wildman–Crippen MR) is 115 cm³/mol. The van der Waals surface area contributed by atoms with Gasteiger partial charge in [-0.05, 0) is 48.9 Å². The molecule has 0 unspecified atom stereocenters. The largest absolute Gasteiger partial charge is 0.395 e. The van der Waals surface area contributed by atoms with Crippen LogP contribution in [0, 0.1) is 11.7 Å². The van der Waals surface area contributed by atoms with Crippen LogP contribution in [0.1, 0.15) is 42.7 Å². The summed E-state index contributed by atoms with van der Waals surface area (Å²) >= 11 is 12.3. The third-order valence-electron chi connectivity index (χ3n) is 7.14. The maximum Gasteiger partial charge on any atom is 0.250 e. The minimum atomic E-state index is -1.10. The monoisotopic (exact) mass is 448 g/mol. The van der Waals surface area contributed by atoms with E-state index in [1.54, 1.807) is 24.3 Å². The molecule has 2 heterocycles. The molecule has 3 atom stereocenters. The van der Waals surface area contributed by atoms with E-state index in [1.807, 2.05) is 6.07 Å². The number of anilines is 1. The zero-order chi connectivity index (χ0) is 21.0. The first kappa shape index (κ1) is 20.3. The average Bonchev–Trinajstić information content (AvgIpc) is 3.16. The molecule has 0 aromatic heterocycles. The summed E-state index contributed by atoms with van der Waals surface area (Å²) in [6.07, 6.45) is 3.86. The van der Waals surface area contributed by atoms with Crippen molar-refractivity contribution in [2.45, 2.75) is 43.2 Å². The Morgan fingerprint density at radius 2 is 2.03 bits per heavy atom. The number of nitrogens with zero attached hydrogens (tertiary/aromatic N) is 1. The van der Waals surface area contributed by atoms with Gasteiger partial charge < -0.3 is 10.4 Å². The number of fused-ring (bicyclic) bond motifs is 2. The zero-order valence-corrected chi connectivity index (χ0v) is 17.9. The smallest absolute Gasteiger partial charge is 0.250 e. The van der Waals surface area contributed by atoms with E-state index < -0.39 is 17.3 Å². The second kappa shape index (κ2) is 7.49. The fourth-order valence-corrected chi connectivity index (χ4v) is 5.90. The van der Waals surface area contributed by atoms with E-state index in [0.29, 0.717) is 35.2 Å². The lowest BCUT2D eigenvalue weighted by Crippen LogP contribution is -2.54. The second-order valence-corrected chi connectivity index (χ2v) is 9.47. The molecule has 30 heavy (non-hydrogen) atoms. The third-order valence-corrected chi connectivity index (χ3v) is 7.67. The first-order valence-corrected chi connectivity index (χ1v) is 11.2. The van der Waals surface area contributed by atoms with Gasteiger partial charge in [0.05, 0.1) is 11.6 Å². The summed E-state index contributed by atoms with van der Waals surface area (Å²) in [6.45, 7) is 0.600. The van der Waals surface area contributed by atoms with E-state index in [2.05, 4.69) is 10.2 Å². The van der Waals surface area contributed by atoms with Crippen molar-refractivity contribution >= 4 is 34.8 Å². The fourth-order valence-electron chi connectivity index (χ4n) is 5.54. The summed E-state index contributed by atoms with van der Waals surface area (Å²) in [5, 5.41) is 13.8. The highest BCUT2D eigenvalue weighted by Gasteiger charge is 2.63. The lowest BCUT2D eigenvalue weighted by Gasteiger charge is -2.43. The molecule has 2 aromatic carbocycles. The van der Waals surface area contributed by atoms with Crippen LogP contribution in [0.3, 0.4) is 0 Å². The van der Waals surface area contributed by atoms with E-state index in [-0.39, 0.29) is 23.6 Å². The molecule has 158 valence electrons. The molecule has 2 N–H and O–H groups in total. The Balaban J connectivity index is 1.73. The van der Waals surface area contributed by atoms with E-state index in [1.165, 1.54) is 12.5 Å². The molecule has 1 amide bonds. The summed E-state index contributed by atoms with van der Waals surface area (Å²) in [6, 6.07) is 10.0. The molecule has 4 nitrogen and oxygen atoms in total. The summed E-state index contributed by atoms with van der Waals surface area (Å²) in [7, 11) is 0. The normalized spacial score (nSPS) is 28.6. The van der Waals surface area contributed by atoms with Gasteiger partial charge in [0.15, 0.2) is 0 Å². The Hall–Kier alpha value is -1.66. The standard InChI is InChI=1S/C23H23Cl2FN2O2/c24-14-7-8-17-20(9-14)27-22(30)23(17)18(16-5-2-6-19(25)21(16)26)10-15(12-29)28(23)11-13-3-1-4-13/h2,5-9,13,15,18,29H,1,3-4,10-12H2,(H,27,30)/t15-,18-,23-/m1/s1. The van der Waals surface area contributed by atoms with Crippen molar-refractivity contribution in [1.29, 1.82) is 0 Å². The van der Waals surface area contributed by atoms with Crippen LogP contribution in [0.15, 0.2) is 36.4 Å². The number of rotatable bonds is 4. The number of benzene rings is 2. The molecule has 1 saturated carbocycles. The maximum atomic E-state index is 15.2. The molecule has 1 saturated heterocycles. The van der Waals surface area contributed by atoms with Crippen molar-refractivity contribution in [3.05, 3.63) is 63.4 Å². The van der Waals surface area contributed by atoms with Crippen molar-refractivity contribution in [3.63, 3.8) is 0 Å². The van der Waals surface area contributed by atoms with Gasteiger partial charge in [-0.25, -0.2) is 4.39 Å². The van der Waals surface area contributed by atoms with Gasteiger partial charge in [-0.3, -0.25) is 9.69 Å². The van der Waals surface area contributed by atoms with E-state index in [0.717, 1.165) is 18.4 Å². The van der Waals surface area contributed by atoms with Gasteiger partial charge in [0.1, 0.15) is 11.4 Å². The van der Waals surface area contributed by atoms with Gasteiger partial charge in [0.25, 0.3) is 0 Å². The van der Waals surface area contributed by atoms with Crippen LogP contribution in [0.4, 0.5) is 10.1 Å². The average molecular weight is 449 g/mol. The van der Waals surface area contributed by atoms with Crippen molar-refractivity contribution < 1.29 is 14.3 Å². The number of likely N-dealkylation sites (tertiary alicyclic amines) is 1. The molecule has 2 aliphatic heterocycles. The molecule has 0 radical (unpaired) electrons. The number of halogens is 3. The topological polar surface area (TPSA) is 52.6 Å². The fraction of sp³-hybridized carbons (Fsp3) is 0.435. The Morgan fingerprint density at radius 3 is 2.73 bits per heavy atom. The second-order valence-electron chi connectivity index (χ2n) is 8.63. The lowest BCUT2D eigenvalue weighted by molar-refractivity contribution is -0.129. The Labute approximate surface area is 185 Å². The Bertz CT molecular complexity index is 1010. The van der Waals surface area contributed by atoms with Crippen LogP contribution < -0.4 is 5.32 Å². The Morgan fingerprint density at radius 1 is 1.23 bits per heavy atom. The van der Waals surface area contributed by atoms with E-state index in [9.17, 15) is 9.90 Å². The van der Waals surface area contributed by atoms with Gasteiger partial charge in [-0.15, -0.1) is 0 Å². The Kier molecular flexibility index (Phi) is 5.05. The minimum Gasteiger partial charge on any atom is -0.395 e. The molecule has 1 aliphatic carbocycles. The van der Waals surface area contributed by atoms with Crippen molar-refractivity contribution in [2.75, 3.05) is 18.5 Å². The molecular weight excluding hydrogens is 426 g/mol. The molecule has 5 rings (SSSR count). The summed E-state index contributed by atoms with van der Waals surface area (Å²) in [5.74, 6) is -0.695. The summed E-state index contributed by atoms with van der Waals surface area (Å²) in [4.78, 5) is 15.8. The minimum absolute atomic E-state index is 0.0374. The predicted octanol–water partition coefficient (Wildman–Crippen LogP) is 4.93.